The highest BCUT2D eigenvalue weighted by atomic mass is 32.1. The van der Waals surface area contributed by atoms with Crippen LogP contribution in [-0.4, -0.2) is 126 Å². The smallest absolute Gasteiger partial charge is 0.318 e. The summed E-state index contributed by atoms with van der Waals surface area (Å²) in [4.78, 5) is 74.2. The second-order valence-electron chi connectivity index (χ2n) is 17.8. The first-order chi connectivity index (χ1) is 33.9. The Labute approximate surface area is 410 Å². The zero-order valence-corrected chi connectivity index (χ0v) is 40.0. The third-order valence-corrected chi connectivity index (χ3v) is 15.9. The van der Waals surface area contributed by atoms with Crippen molar-refractivity contribution in [2.24, 2.45) is 0 Å². The predicted octanol–water partition coefficient (Wildman–Crippen LogP) is 8.54. The van der Waals surface area contributed by atoms with Gasteiger partial charge in [0, 0.05) is 58.2 Å². The molecule has 0 radical (unpaired) electrons. The van der Waals surface area contributed by atoms with Gasteiger partial charge in [-0.15, -0.1) is 22.7 Å². The number of ether oxygens (including phenoxy) is 2. The molecule has 2 N–H and O–H groups in total. The number of carbonyl (C=O) groups is 4. The number of nitrogens with one attached hydrogen (secondary N) is 2. The topological polar surface area (TPSA) is 150 Å². The van der Waals surface area contributed by atoms with Crippen molar-refractivity contribution in [2.75, 3.05) is 72.2 Å². The molecule has 0 saturated carbocycles. The van der Waals surface area contributed by atoms with Gasteiger partial charge < -0.3 is 39.7 Å². The maximum absolute atomic E-state index is 14.4. The lowest BCUT2D eigenvalue weighted by atomic mass is 9.97. The number of rotatable bonds is 12. The number of aromatic nitrogens is 2. The lowest BCUT2D eigenvalue weighted by molar-refractivity contribution is -0.134. The van der Waals surface area contributed by atoms with E-state index in [0.29, 0.717) is 65.7 Å². The molecule has 69 heavy (non-hydrogen) atoms. The summed E-state index contributed by atoms with van der Waals surface area (Å²) in [5.74, 6) is -0.640. The predicted molar refractivity (Wildman–Crippen MR) is 267 cm³/mol. The molecule has 2 aromatic heterocycles. The molecule has 4 fully saturated rings. The van der Waals surface area contributed by atoms with E-state index in [1.54, 1.807) is 32.5 Å². The lowest BCUT2D eigenvalue weighted by Crippen LogP contribution is -2.50. The molecule has 6 heterocycles. The van der Waals surface area contributed by atoms with Crippen LogP contribution in [0.25, 0.3) is 32.0 Å². The molecule has 1 unspecified atom stereocenters. The molecule has 4 aliphatic rings. The first kappa shape index (κ1) is 46.3. The minimum atomic E-state index is -0.809. The molecule has 6 amide bonds. The SMILES string of the molecule is O=C(NCC(C(=O)N1CCC[C@H]1c1ncc(-c2ccc(-c3ccc(-c4cnc([C@@H]5CCCN5C(=O)[C@H](NC(=O)N5CCOCC5)c5ccccc5)s4)cc3)cc2)s1)c1ccccc1)N1CCOCC1. The number of carbonyl (C=O) groups excluding carboxylic acids is 4. The number of likely N-dealkylation sites (tertiary alicyclic amines) is 2. The first-order valence-electron chi connectivity index (χ1n) is 23.9. The first-order valence-corrected chi connectivity index (χ1v) is 25.6. The zero-order chi connectivity index (χ0) is 47.1. The Morgan fingerprint density at radius 2 is 1.00 bits per heavy atom. The van der Waals surface area contributed by atoms with Gasteiger partial charge in [0.05, 0.1) is 54.2 Å². The van der Waals surface area contributed by atoms with Gasteiger partial charge >= 0.3 is 12.1 Å². The number of hydrogen-bond acceptors (Lipinski definition) is 10. The van der Waals surface area contributed by atoms with Gasteiger partial charge in [0.25, 0.3) is 0 Å². The Morgan fingerprint density at radius 1 is 0.551 bits per heavy atom. The average molecular weight is 965 g/mol. The molecule has 6 aromatic rings. The minimum Gasteiger partial charge on any atom is -0.378 e. The van der Waals surface area contributed by atoms with Gasteiger partial charge in [0.1, 0.15) is 16.1 Å². The van der Waals surface area contributed by atoms with Crippen LogP contribution < -0.4 is 10.6 Å². The summed E-state index contributed by atoms with van der Waals surface area (Å²) < 4.78 is 10.9. The van der Waals surface area contributed by atoms with Crippen molar-refractivity contribution < 1.29 is 28.7 Å². The van der Waals surface area contributed by atoms with Gasteiger partial charge in [-0.25, -0.2) is 19.6 Å². The van der Waals surface area contributed by atoms with Crippen molar-refractivity contribution in [3.8, 4) is 32.0 Å². The molecule has 0 bridgehead atoms. The number of nitrogens with zero attached hydrogens (tertiary/aromatic N) is 6. The number of thiazole rings is 2. The summed E-state index contributed by atoms with van der Waals surface area (Å²) >= 11 is 3.24. The number of benzene rings is 4. The maximum Gasteiger partial charge on any atom is 0.318 e. The van der Waals surface area contributed by atoms with E-state index in [1.165, 1.54) is 0 Å². The van der Waals surface area contributed by atoms with E-state index in [0.717, 1.165) is 78.8 Å². The molecule has 4 saturated heterocycles. The second kappa shape index (κ2) is 21.5. The van der Waals surface area contributed by atoms with Gasteiger partial charge in [-0.3, -0.25) is 9.59 Å². The standard InChI is InChI=1S/C53H56N8O6S2/c62-50(42(38-9-3-1-4-10-38)33-56-52(64)58-25-29-66-30-26-58)60-23-7-13-43(60)48-54-34-45(68-48)39-19-15-36(16-20-39)37-17-21-40(22-18-37)46-35-55-49(69-46)44-14-8-24-61(44)51(63)47(41-11-5-2-6-12-41)57-53(65)59-27-31-67-32-28-59/h1-6,9-12,15-22,34-35,42-44,47H,7-8,13-14,23-33H2,(H,56,64)(H,57,65)/t42?,43-,44-,47+/m0/s1. The third-order valence-electron chi connectivity index (χ3n) is 13.6. The Morgan fingerprint density at radius 3 is 1.51 bits per heavy atom. The minimum absolute atomic E-state index is 0.00155. The van der Waals surface area contributed by atoms with Gasteiger partial charge in [-0.1, -0.05) is 109 Å². The summed E-state index contributed by atoms with van der Waals surface area (Å²) in [7, 11) is 0. The number of amides is 6. The highest BCUT2D eigenvalue weighted by Gasteiger charge is 2.39. The highest BCUT2D eigenvalue weighted by molar-refractivity contribution is 7.15. The van der Waals surface area contributed by atoms with Crippen LogP contribution in [0.3, 0.4) is 0 Å². The van der Waals surface area contributed by atoms with E-state index in [2.05, 4.69) is 59.2 Å². The third kappa shape index (κ3) is 10.4. The van der Waals surface area contributed by atoms with Crippen LogP contribution in [0.1, 0.15) is 70.9 Å². The number of morpholine rings is 2. The van der Waals surface area contributed by atoms with Gasteiger partial charge in [0.15, 0.2) is 0 Å². The van der Waals surface area contributed by atoms with E-state index in [4.69, 9.17) is 19.4 Å². The quantitative estimate of drug-likeness (QED) is 0.124. The molecule has 4 aliphatic heterocycles. The van der Waals surface area contributed by atoms with E-state index in [-0.39, 0.29) is 42.5 Å². The Balaban J connectivity index is 0.782. The summed E-state index contributed by atoms with van der Waals surface area (Å²) in [5, 5.41) is 7.90. The molecule has 4 atom stereocenters. The summed E-state index contributed by atoms with van der Waals surface area (Å²) in [6.07, 6.45) is 7.21. The Bertz CT molecular complexity index is 2710. The van der Waals surface area contributed by atoms with Gasteiger partial charge in [0.2, 0.25) is 11.8 Å². The second-order valence-corrected chi connectivity index (χ2v) is 19.9. The van der Waals surface area contributed by atoms with Crippen LogP contribution in [-0.2, 0) is 19.1 Å². The average Bonchev–Trinajstić information content (AvgIpc) is 4.27. The molecule has 0 aliphatic carbocycles. The zero-order valence-electron chi connectivity index (χ0n) is 38.4. The van der Waals surface area contributed by atoms with E-state index in [1.807, 2.05) is 82.9 Å². The Hall–Kier alpha value is -6.46. The van der Waals surface area contributed by atoms with Crippen LogP contribution in [0, 0.1) is 0 Å². The van der Waals surface area contributed by atoms with Gasteiger partial charge in [-0.2, -0.15) is 0 Å². The highest BCUT2D eigenvalue weighted by Crippen LogP contribution is 2.41. The lowest BCUT2D eigenvalue weighted by Gasteiger charge is -2.32. The summed E-state index contributed by atoms with van der Waals surface area (Å²) in [6.45, 7) is 5.50. The molecule has 356 valence electrons. The molecule has 4 aromatic carbocycles. The largest absolute Gasteiger partial charge is 0.378 e. The fraction of sp³-hybridized carbons (Fsp3) is 0.358. The van der Waals surface area contributed by atoms with Crippen molar-refractivity contribution in [3.05, 3.63) is 143 Å². The van der Waals surface area contributed by atoms with Crippen LogP contribution >= 0.6 is 22.7 Å². The number of hydrogen-bond donors (Lipinski definition) is 2. The van der Waals surface area contributed by atoms with Crippen LogP contribution in [0.2, 0.25) is 0 Å². The van der Waals surface area contributed by atoms with E-state index < -0.39 is 12.0 Å². The van der Waals surface area contributed by atoms with Crippen molar-refractivity contribution in [3.63, 3.8) is 0 Å². The molecular formula is C53H56N8O6S2. The maximum atomic E-state index is 14.4. The molecule has 16 heteroatoms. The molecule has 0 spiro atoms. The van der Waals surface area contributed by atoms with Crippen molar-refractivity contribution in [1.82, 2.24) is 40.2 Å². The van der Waals surface area contributed by atoms with E-state index >= 15 is 0 Å². The fourth-order valence-electron chi connectivity index (χ4n) is 9.76. The summed E-state index contributed by atoms with van der Waals surface area (Å²) in [5.41, 5.74) is 5.93. The normalized spacial score (nSPS) is 19.3. The van der Waals surface area contributed by atoms with Gasteiger partial charge in [-0.05, 0) is 59.1 Å². The van der Waals surface area contributed by atoms with Crippen LogP contribution in [0.15, 0.2) is 122 Å². The molecule has 10 rings (SSSR count). The van der Waals surface area contributed by atoms with Crippen molar-refractivity contribution >= 4 is 46.6 Å². The Kier molecular flexibility index (Phi) is 14.4. The van der Waals surface area contributed by atoms with Crippen molar-refractivity contribution in [2.45, 2.75) is 49.7 Å². The monoisotopic (exact) mass is 964 g/mol. The number of urea groups is 2. The van der Waals surface area contributed by atoms with E-state index in [9.17, 15) is 19.2 Å². The van der Waals surface area contributed by atoms with Crippen LogP contribution in [0.4, 0.5) is 9.59 Å². The molecule has 14 nitrogen and oxygen atoms in total. The van der Waals surface area contributed by atoms with Crippen molar-refractivity contribution in [1.29, 1.82) is 0 Å². The summed E-state index contributed by atoms with van der Waals surface area (Å²) in [6, 6.07) is 34.7. The van der Waals surface area contributed by atoms with Crippen LogP contribution in [0.5, 0.6) is 0 Å². The fourth-order valence-corrected chi connectivity index (χ4v) is 11.9. The molecular weight excluding hydrogens is 909 g/mol.